The predicted molar refractivity (Wildman–Crippen MR) is 95.5 cm³/mol. The normalized spacial score (nSPS) is 11.0. The Morgan fingerprint density at radius 1 is 0.905 bits per heavy atom. The fourth-order valence-electron chi connectivity index (χ4n) is 2.55. The highest BCUT2D eigenvalue weighted by Crippen LogP contribution is 2.24. The minimum absolute atomic E-state index is 0.712. The molecule has 0 spiro atoms. The summed E-state index contributed by atoms with van der Waals surface area (Å²) in [6.45, 7) is 6.22. The van der Waals surface area contributed by atoms with Gasteiger partial charge < -0.3 is 5.32 Å². The molecule has 120 valence electrons. The molecule has 0 aromatic heterocycles. The SMILES string of the molecule is CCCCCCCCCCNCc1c(C)cc(Cl)cc1Cl. The topological polar surface area (TPSA) is 12.0 Å². The second kappa shape index (κ2) is 11.3. The molecule has 3 heteroatoms. The Labute approximate surface area is 140 Å². The smallest absolute Gasteiger partial charge is 0.0468 e. The monoisotopic (exact) mass is 329 g/mol. The molecule has 0 aliphatic rings. The van der Waals surface area contributed by atoms with Crippen LogP contribution in [0.1, 0.15) is 69.4 Å². The van der Waals surface area contributed by atoms with Gasteiger partial charge in [-0.1, -0.05) is 75.1 Å². The highest BCUT2D eigenvalue weighted by Gasteiger charge is 2.05. The van der Waals surface area contributed by atoms with E-state index in [0.29, 0.717) is 5.02 Å². The summed E-state index contributed by atoms with van der Waals surface area (Å²) in [4.78, 5) is 0. The summed E-state index contributed by atoms with van der Waals surface area (Å²) in [5.41, 5.74) is 2.33. The van der Waals surface area contributed by atoms with E-state index in [1.165, 1.54) is 56.9 Å². The molecular formula is C18H29Cl2N. The van der Waals surface area contributed by atoms with Gasteiger partial charge in [0.1, 0.15) is 0 Å². The largest absolute Gasteiger partial charge is 0.313 e. The molecule has 1 aromatic carbocycles. The number of hydrogen-bond acceptors (Lipinski definition) is 1. The van der Waals surface area contributed by atoms with Crippen LogP contribution in [0.2, 0.25) is 10.0 Å². The Kier molecular flexibility index (Phi) is 10.2. The molecule has 1 aromatic rings. The van der Waals surface area contributed by atoms with E-state index < -0.39 is 0 Å². The van der Waals surface area contributed by atoms with Crippen LogP contribution in [0.4, 0.5) is 0 Å². The van der Waals surface area contributed by atoms with Crippen LogP contribution in [0.25, 0.3) is 0 Å². The molecule has 1 rings (SSSR count). The minimum atomic E-state index is 0.712. The highest BCUT2D eigenvalue weighted by atomic mass is 35.5. The van der Waals surface area contributed by atoms with E-state index in [1.807, 2.05) is 12.1 Å². The van der Waals surface area contributed by atoms with Crippen molar-refractivity contribution in [2.24, 2.45) is 0 Å². The fraction of sp³-hybridized carbons (Fsp3) is 0.667. The molecule has 1 N–H and O–H groups in total. The van der Waals surface area contributed by atoms with Gasteiger partial charge in [-0.05, 0) is 43.1 Å². The van der Waals surface area contributed by atoms with Crippen LogP contribution in [-0.4, -0.2) is 6.54 Å². The van der Waals surface area contributed by atoms with Gasteiger partial charge in [0.2, 0.25) is 0 Å². The number of hydrogen-bond donors (Lipinski definition) is 1. The molecule has 0 amide bonds. The number of rotatable bonds is 11. The molecule has 0 aliphatic heterocycles. The summed E-state index contributed by atoms with van der Waals surface area (Å²) in [7, 11) is 0. The molecule has 0 radical (unpaired) electrons. The van der Waals surface area contributed by atoms with Crippen LogP contribution in [0.5, 0.6) is 0 Å². The van der Waals surface area contributed by atoms with Crippen LogP contribution in [-0.2, 0) is 6.54 Å². The van der Waals surface area contributed by atoms with Gasteiger partial charge >= 0.3 is 0 Å². The molecule has 0 bridgehead atoms. The maximum absolute atomic E-state index is 6.23. The van der Waals surface area contributed by atoms with Crippen LogP contribution in [0.15, 0.2) is 12.1 Å². The molecule has 0 saturated carbocycles. The van der Waals surface area contributed by atoms with Gasteiger partial charge in [0.15, 0.2) is 0 Å². The second-order valence-electron chi connectivity index (χ2n) is 5.83. The lowest BCUT2D eigenvalue weighted by molar-refractivity contribution is 0.555. The summed E-state index contributed by atoms with van der Waals surface area (Å²) >= 11 is 12.2. The van der Waals surface area contributed by atoms with E-state index >= 15 is 0 Å². The maximum Gasteiger partial charge on any atom is 0.0468 e. The van der Waals surface area contributed by atoms with Crippen molar-refractivity contribution in [1.29, 1.82) is 0 Å². The average molecular weight is 330 g/mol. The first-order valence-electron chi connectivity index (χ1n) is 8.30. The molecule has 0 heterocycles. The summed E-state index contributed by atoms with van der Waals surface area (Å²) < 4.78 is 0. The maximum atomic E-state index is 6.23. The highest BCUT2D eigenvalue weighted by molar-refractivity contribution is 6.35. The minimum Gasteiger partial charge on any atom is -0.313 e. The zero-order chi connectivity index (χ0) is 15.5. The van der Waals surface area contributed by atoms with Crippen molar-refractivity contribution in [3.63, 3.8) is 0 Å². The van der Waals surface area contributed by atoms with E-state index in [1.54, 1.807) is 0 Å². The van der Waals surface area contributed by atoms with Crippen molar-refractivity contribution in [2.75, 3.05) is 6.54 Å². The van der Waals surface area contributed by atoms with Crippen molar-refractivity contribution in [3.8, 4) is 0 Å². The lowest BCUT2D eigenvalue weighted by Crippen LogP contribution is -2.15. The molecule has 0 aliphatic carbocycles. The summed E-state index contributed by atoms with van der Waals surface area (Å²) in [6.07, 6.45) is 10.9. The third-order valence-electron chi connectivity index (χ3n) is 3.89. The van der Waals surface area contributed by atoms with Crippen LogP contribution in [0, 0.1) is 6.92 Å². The number of unbranched alkanes of at least 4 members (excludes halogenated alkanes) is 7. The molecular weight excluding hydrogens is 301 g/mol. The van der Waals surface area contributed by atoms with Crippen LogP contribution in [0.3, 0.4) is 0 Å². The van der Waals surface area contributed by atoms with E-state index in [0.717, 1.165) is 23.7 Å². The Balaban J connectivity index is 2.07. The van der Waals surface area contributed by atoms with Gasteiger partial charge in [-0.3, -0.25) is 0 Å². The lowest BCUT2D eigenvalue weighted by Gasteiger charge is -2.10. The predicted octanol–water partition coefficient (Wildman–Crippen LogP) is 6.53. The first-order chi connectivity index (χ1) is 10.1. The molecule has 0 atom stereocenters. The average Bonchev–Trinajstić information content (AvgIpc) is 2.43. The number of nitrogens with one attached hydrogen (secondary N) is 1. The Morgan fingerprint density at radius 3 is 2.14 bits per heavy atom. The van der Waals surface area contributed by atoms with Crippen LogP contribution >= 0.6 is 23.2 Å². The quantitative estimate of drug-likeness (QED) is 0.455. The van der Waals surface area contributed by atoms with Crippen molar-refractivity contribution < 1.29 is 0 Å². The van der Waals surface area contributed by atoms with E-state index in [2.05, 4.69) is 19.2 Å². The standard InChI is InChI=1S/C18H29Cl2N/c1-3-4-5-6-7-8-9-10-11-21-14-17-15(2)12-16(19)13-18(17)20/h12-13,21H,3-11,14H2,1-2H3. The summed E-state index contributed by atoms with van der Waals surface area (Å²) in [5.74, 6) is 0. The zero-order valence-electron chi connectivity index (χ0n) is 13.5. The van der Waals surface area contributed by atoms with Crippen LogP contribution < -0.4 is 5.32 Å². The second-order valence-corrected chi connectivity index (χ2v) is 6.68. The van der Waals surface area contributed by atoms with Crippen molar-refractivity contribution in [2.45, 2.75) is 71.8 Å². The van der Waals surface area contributed by atoms with Crippen molar-refractivity contribution in [3.05, 3.63) is 33.3 Å². The van der Waals surface area contributed by atoms with E-state index in [4.69, 9.17) is 23.2 Å². The first-order valence-corrected chi connectivity index (χ1v) is 9.06. The van der Waals surface area contributed by atoms with Gasteiger partial charge in [0, 0.05) is 16.6 Å². The fourth-order valence-corrected chi connectivity index (χ4v) is 3.22. The Morgan fingerprint density at radius 2 is 1.52 bits per heavy atom. The van der Waals surface area contributed by atoms with Crippen molar-refractivity contribution in [1.82, 2.24) is 5.32 Å². The lowest BCUT2D eigenvalue weighted by atomic mass is 10.1. The number of halogens is 2. The van der Waals surface area contributed by atoms with Gasteiger partial charge in [-0.2, -0.15) is 0 Å². The summed E-state index contributed by atoms with van der Waals surface area (Å²) in [5, 5.41) is 4.97. The molecule has 0 saturated heterocycles. The molecule has 21 heavy (non-hydrogen) atoms. The Bertz CT molecular complexity index is 381. The Hall–Kier alpha value is -0.240. The van der Waals surface area contributed by atoms with E-state index in [9.17, 15) is 0 Å². The van der Waals surface area contributed by atoms with Gasteiger partial charge in [-0.25, -0.2) is 0 Å². The first kappa shape index (κ1) is 18.8. The number of aryl methyl sites for hydroxylation is 1. The zero-order valence-corrected chi connectivity index (χ0v) is 15.0. The van der Waals surface area contributed by atoms with E-state index in [-0.39, 0.29) is 0 Å². The van der Waals surface area contributed by atoms with Gasteiger partial charge in [-0.15, -0.1) is 0 Å². The third kappa shape index (κ3) is 8.09. The molecule has 0 unspecified atom stereocenters. The number of benzene rings is 1. The third-order valence-corrected chi connectivity index (χ3v) is 4.45. The molecule has 1 nitrogen and oxygen atoms in total. The van der Waals surface area contributed by atoms with Crippen molar-refractivity contribution >= 4 is 23.2 Å². The van der Waals surface area contributed by atoms with Gasteiger partial charge in [0.05, 0.1) is 0 Å². The molecule has 0 fully saturated rings. The van der Waals surface area contributed by atoms with Gasteiger partial charge in [0.25, 0.3) is 0 Å². The summed E-state index contributed by atoms with van der Waals surface area (Å²) in [6, 6.07) is 3.80.